The number of carbonyl (C=O) groups excluding carboxylic acids is 2. The van der Waals surface area contributed by atoms with Gasteiger partial charge >= 0.3 is 5.97 Å². The summed E-state index contributed by atoms with van der Waals surface area (Å²) < 4.78 is 4.78. The van der Waals surface area contributed by atoms with Gasteiger partial charge < -0.3 is 10.1 Å². The Labute approximate surface area is 142 Å². The van der Waals surface area contributed by atoms with Crippen LogP contribution in [-0.2, 0) is 20.7 Å². The Morgan fingerprint density at radius 1 is 1.04 bits per heavy atom. The van der Waals surface area contributed by atoms with E-state index in [0.29, 0.717) is 6.42 Å². The van der Waals surface area contributed by atoms with Crippen molar-refractivity contribution in [3.8, 4) is 0 Å². The summed E-state index contributed by atoms with van der Waals surface area (Å²) in [6.45, 7) is 0. The van der Waals surface area contributed by atoms with Crippen molar-refractivity contribution in [1.82, 2.24) is 5.32 Å². The fourth-order valence-corrected chi connectivity index (χ4v) is 2.29. The van der Waals surface area contributed by atoms with E-state index < -0.39 is 12.0 Å². The number of benzene rings is 2. The molecule has 0 saturated carbocycles. The highest BCUT2D eigenvalue weighted by Gasteiger charge is 2.20. The molecule has 2 rings (SSSR count). The molecule has 1 amide bonds. The van der Waals surface area contributed by atoms with Crippen LogP contribution in [0.3, 0.4) is 0 Å². The van der Waals surface area contributed by atoms with Crippen molar-refractivity contribution in [2.75, 3.05) is 7.11 Å². The fraction of sp³-hybridized carbons (Fsp3) is 0.200. The first-order valence-corrected chi connectivity index (χ1v) is 7.81. The molecule has 4 heteroatoms. The lowest BCUT2D eigenvalue weighted by Crippen LogP contribution is -2.41. The van der Waals surface area contributed by atoms with Gasteiger partial charge in [-0.3, -0.25) is 4.79 Å². The topological polar surface area (TPSA) is 55.4 Å². The van der Waals surface area contributed by atoms with Gasteiger partial charge in [0, 0.05) is 0 Å². The Balaban J connectivity index is 1.94. The highest BCUT2D eigenvalue weighted by Crippen LogP contribution is 2.05. The van der Waals surface area contributed by atoms with Gasteiger partial charge in [0.1, 0.15) is 6.04 Å². The lowest BCUT2D eigenvalue weighted by Gasteiger charge is -2.15. The molecular formula is C20H21NO3. The molecule has 24 heavy (non-hydrogen) atoms. The molecule has 0 aliphatic heterocycles. The van der Waals surface area contributed by atoms with Crippen LogP contribution in [0.15, 0.2) is 66.7 Å². The SMILES string of the molecule is COC(=O)[C@H](C/C=C/c1ccccc1)NC(=O)Cc1ccccc1. The van der Waals surface area contributed by atoms with Crippen molar-refractivity contribution >= 4 is 18.0 Å². The van der Waals surface area contributed by atoms with Crippen LogP contribution in [0.25, 0.3) is 6.08 Å². The quantitative estimate of drug-likeness (QED) is 0.797. The van der Waals surface area contributed by atoms with E-state index in [9.17, 15) is 9.59 Å². The van der Waals surface area contributed by atoms with Gasteiger partial charge in [0.25, 0.3) is 0 Å². The maximum Gasteiger partial charge on any atom is 0.328 e. The molecule has 0 aromatic heterocycles. The maximum atomic E-state index is 12.1. The zero-order chi connectivity index (χ0) is 17.2. The molecule has 124 valence electrons. The van der Waals surface area contributed by atoms with Gasteiger partial charge in [-0.2, -0.15) is 0 Å². The van der Waals surface area contributed by atoms with Crippen LogP contribution < -0.4 is 5.32 Å². The Hall–Kier alpha value is -2.88. The molecule has 4 nitrogen and oxygen atoms in total. The summed E-state index contributed by atoms with van der Waals surface area (Å²) in [5, 5.41) is 2.74. The number of nitrogens with one attached hydrogen (secondary N) is 1. The molecule has 0 heterocycles. The predicted molar refractivity (Wildman–Crippen MR) is 94.2 cm³/mol. The Morgan fingerprint density at radius 3 is 2.29 bits per heavy atom. The second-order valence-electron chi connectivity index (χ2n) is 5.35. The highest BCUT2D eigenvalue weighted by molar-refractivity contribution is 5.85. The highest BCUT2D eigenvalue weighted by atomic mass is 16.5. The Morgan fingerprint density at radius 2 is 1.67 bits per heavy atom. The number of hydrogen-bond acceptors (Lipinski definition) is 3. The predicted octanol–water partition coefficient (Wildman–Crippen LogP) is 2.99. The van der Waals surface area contributed by atoms with Crippen LogP contribution in [-0.4, -0.2) is 25.0 Å². The molecule has 0 fully saturated rings. The van der Waals surface area contributed by atoms with Crippen LogP contribution in [0.2, 0.25) is 0 Å². The van der Waals surface area contributed by atoms with Gasteiger partial charge in [-0.25, -0.2) is 4.79 Å². The molecule has 0 aliphatic rings. The average Bonchev–Trinajstić information content (AvgIpc) is 2.62. The smallest absolute Gasteiger partial charge is 0.328 e. The van der Waals surface area contributed by atoms with Gasteiger partial charge in [0.2, 0.25) is 5.91 Å². The molecule has 0 saturated heterocycles. The second kappa shape index (κ2) is 9.30. The molecule has 0 radical (unpaired) electrons. The molecule has 2 aromatic carbocycles. The number of methoxy groups -OCH3 is 1. The number of ether oxygens (including phenoxy) is 1. The van der Waals surface area contributed by atoms with Crippen molar-refractivity contribution in [3.05, 3.63) is 77.9 Å². The summed E-state index contributed by atoms with van der Waals surface area (Å²) in [4.78, 5) is 24.0. The molecule has 0 spiro atoms. The molecule has 2 aromatic rings. The molecule has 0 unspecified atom stereocenters. The summed E-state index contributed by atoms with van der Waals surface area (Å²) in [7, 11) is 1.32. The molecule has 1 N–H and O–H groups in total. The third kappa shape index (κ3) is 5.72. The van der Waals surface area contributed by atoms with E-state index in [4.69, 9.17) is 4.74 Å². The van der Waals surface area contributed by atoms with Crippen LogP contribution >= 0.6 is 0 Å². The van der Waals surface area contributed by atoms with E-state index >= 15 is 0 Å². The third-order valence-electron chi connectivity index (χ3n) is 3.51. The van der Waals surface area contributed by atoms with Crippen molar-refractivity contribution in [2.45, 2.75) is 18.9 Å². The van der Waals surface area contributed by atoms with Gasteiger partial charge in [-0.1, -0.05) is 72.8 Å². The number of hydrogen-bond donors (Lipinski definition) is 1. The number of esters is 1. The van der Waals surface area contributed by atoms with E-state index in [2.05, 4.69) is 5.32 Å². The van der Waals surface area contributed by atoms with E-state index in [1.165, 1.54) is 7.11 Å². The Kier molecular flexibility index (Phi) is 6.77. The molecule has 0 bridgehead atoms. The summed E-state index contributed by atoms with van der Waals surface area (Å²) in [6, 6.07) is 18.5. The van der Waals surface area contributed by atoms with E-state index in [1.807, 2.05) is 72.8 Å². The number of carbonyl (C=O) groups is 2. The third-order valence-corrected chi connectivity index (χ3v) is 3.51. The number of amides is 1. The van der Waals surface area contributed by atoms with Crippen molar-refractivity contribution in [2.24, 2.45) is 0 Å². The second-order valence-corrected chi connectivity index (χ2v) is 5.35. The van der Waals surface area contributed by atoms with Crippen molar-refractivity contribution in [3.63, 3.8) is 0 Å². The van der Waals surface area contributed by atoms with Crippen LogP contribution in [0.5, 0.6) is 0 Å². The van der Waals surface area contributed by atoms with E-state index in [1.54, 1.807) is 0 Å². The van der Waals surface area contributed by atoms with Crippen LogP contribution in [0, 0.1) is 0 Å². The molecule has 1 atom stereocenters. The first-order valence-electron chi connectivity index (χ1n) is 7.81. The normalized spacial score (nSPS) is 11.9. The largest absolute Gasteiger partial charge is 0.467 e. The summed E-state index contributed by atoms with van der Waals surface area (Å²) in [6.07, 6.45) is 4.39. The summed E-state index contributed by atoms with van der Waals surface area (Å²) in [5.74, 6) is -0.654. The van der Waals surface area contributed by atoms with Gasteiger partial charge in [-0.15, -0.1) is 0 Å². The fourth-order valence-electron chi connectivity index (χ4n) is 2.29. The number of rotatable bonds is 7. The minimum Gasteiger partial charge on any atom is -0.467 e. The zero-order valence-electron chi connectivity index (χ0n) is 13.6. The maximum absolute atomic E-state index is 12.1. The first kappa shape index (κ1) is 17.5. The minimum atomic E-state index is -0.689. The summed E-state index contributed by atoms with van der Waals surface area (Å²) in [5.41, 5.74) is 1.94. The molecular weight excluding hydrogens is 302 g/mol. The summed E-state index contributed by atoms with van der Waals surface area (Å²) >= 11 is 0. The lowest BCUT2D eigenvalue weighted by molar-refractivity contribution is -0.144. The van der Waals surface area contributed by atoms with Gasteiger partial charge in [-0.05, 0) is 17.5 Å². The van der Waals surface area contributed by atoms with E-state index in [-0.39, 0.29) is 12.3 Å². The zero-order valence-corrected chi connectivity index (χ0v) is 13.6. The lowest BCUT2D eigenvalue weighted by atomic mass is 10.1. The molecule has 0 aliphatic carbocycles. The van der Waals surface area contributed by atoms with Crippen molar-refractivity contribution in [1.29, 1.82) is 0 Å². The van der Waals surface area contributed by atoms with Gasteiger partial charge in [0.15, 0.2) is 0 Å². The Bertz CT molecular complexity index is 681. The van der Waals surface area contributed by atoms with Crippen LogP contribution in [0.1, 0.15) is 17.5 Å². The van der Waals surface area contributed by atoms with Crippen molar-refractivity contribution < 1.29 is 14.3 Å². The standard InChI is InChI=1S/C20H21NO3/c1-24-20(23)18(14-8-13-16-9-4-2-5-10-16)21-19(22)15-17-11-6-3-7-12-17/h2-13,18H,14-15H2,1H3,(H,21,22)/b13-8+/t18-/m0/s1. The monoisotopic (exact) mass is 323 g/mol. The average molecular weight is 323 g/mol. The first-order chi connectivity index (χ1) is 11.7. The minimum absolute atomic E-state index is 0.204. The van der Waals surface area contributed by atoms with Crippen LogP contribution in [0.4, 0.5) is 0 Å². The van der Waals surface area contributed by atoms with Gasteiger partial charge in [0.05, 0.1) is 13.5 Å². The van der Waals surface area contributed by atoms with E-state index in [0.717, 1.165) is 11.1 Å².